The third-order valence-electron chi connectivity index (χ3n) is 3.63. The molecule has 2 N–H and O–H groups in total. The van der Waals surface area contributed by atoms with Crippen LogP contribution in [0.4, 0.5) is 11.5 Å². The van der Waals surface area contributed by atoms with Crippen molar-refractivity contribution in [3.05, 3.63) is 42.1 Å². The molecule has 0 spiro atoms. The van der Waals surface area contributed by atoms with E-state index in [1.807, 2.05) is 55.1 Å². The third-order valence-corrected chi connectivity index (χ3v) is 3.63. The fourth-order valence-electron chi connectivity index (χ4n) is 2.37. The van der Waals surface area contributed by atoms with E-state index < -0.39 is 6.10 Å². The van der Waals surface area contributed by atoms with Crippen LogP contribution in [0.15, 0.2) is 36.4 Å². The van der Waals surface area contributed by atoms with Gasteiger partial charge in [-0.25, -0.2) is 0 Å². The van der Waals surface area contributed by atoms with Gasteiger partial charge in [0, 0.05) is 25.3 Å². The lowest BCUT2D eigenvalue weighted by atomic mass is 10.2. The Morgan fingerprint density at radius 3 is 2.65 bits per heavy atom. The molecule has 0 saturated heterocycles. The van der Waals surface area contributed by atoms with Crippen molar-refractivity contribution >= 4 is 17.4 Å². The number of para-hydroxylation sites is 1. The second-order valence-electron chi connectivity index (χ2n) is 5.62. The van der Waals surface area contributed by atoms with Crippen LogP contribution in [0, 0.1) is 6.92 Å². The minimum absolute atomic E-state index is 0.139. The van der Waals surface area contributed by atoms with Crippen LogP contribution in [0.2, 0.25) is 0 Å². The van der Waals surface area contributed by atoms with Crippen LogP contribution in [-0.4, -0.2) is 40.0 Å². The molecule has 0 radical (unpaired) electrons. The Kier molecular flexibility index (Phi) is 5.76. The van der Waals surface area contributed by atoms with E-state index >= 15 is 0 Å². The highest BCUT2D eigenvalue weighted by Gasteiger charge is 2.16. The molecule has 6 heteroatoms. The van der Waals surface area contributed by atoms with Crippen molar-refractivity contribution in [1.29, 1.82) is 0 Å². The molecular formula is C17H24N4O2. The van der Waals surface area contributed by atoms with Gasteiger partial charge < -0.3 is 15.3 Å². The number of nitrogens with one attached hydrogen (secondary N) is 1. The van der Waals surface area contributed by atoms with Crippen LogP contribution in [0.1, 0.15) is 19.0 Å². The zero-order chi connectivity index (χ0) is 16.8. The molecule has 124 valence electrons. The highest BCUT2D eigenvalue weighted by molar-refractivity contribution is 5.93. The first-order valence-corrected chi connectivity index (χ1v) is 7.78. The number of nitrogens with zero attached hydrogens (tertiary/aromatic N) is 3. The van der Waals surface area contributed by atoms with Crippen LogP contribution < -0.4 is 10.2 Å². The maximum atomic E-state index is 12.4. The largest absolute Gasteiger partial charge is 0.391 e. The third kappa shape index (κ3) is 4.82. The molecule has 1 unspecified atom stereocenters. The Hall–Kier alpha value is -2.34. The number of aryl methyl sites for hydroxylation is 2. The molecule has 2 rings (SSSR count). The second-order valence-corrected chi connectivity index (χ2v) is 5.62. The number of aliphatic hydroxyl groups excluding tert-OH is 1. The molecule has 6 nitrogen and oxygen atoms in total. The van der Waals surface area contributed by atoms with Gasteiger partial charge in [0.05, 0.1) is 18.3 Å². The van der Waals surface area contributed by atoms with Gasteiger partial charge in [0.15, 0.2) is 0 Å². The summed E-state index contributed by atoms with van der Waals surface area (Å²) in [5.74, 6) is 0.525. The van der Waals surface area contributed by atoms with Crippen molar-refractivity contribution in [1.82, 2.24) is 9.78 Å². The van der Waals surface area contributed by atoms with Crippen LogP contribution in [0.5, 0.6) is 0 Å². The summed E-state index contributed by atoms with van der Waals surface area (Å²) in [5, 5.41) is 17.0. The van der Waals surface area contributed by atoms with E-state index in [2.05, 4.69) is 10.4 Å². The molecule has 0 aliphatic carbocycles. The quantitative estimate of drug-likeness (QED) is 0.819. The van der Waals surface area contributed by atoms with E-state index in [1.54, 1.807) is 11.7 Å². The molecule has 1 amide bonds. The van der Waals surface area contributed by atoms with Gasteiger partial charge in [0.1, 0.15) is 5.82 Å². The number of aromatic nitrogens is 2. The van der Waals surface area contributed by atoms with E-state index in [4.69, 9.17) is 0 Å². The van der Waals surface area contributed by atoms with E-state index in [1.165, 1.54) is 0 Å². The Morgan fingerprint density at radius 2 is 2.09 bits per heavy atom. The fourth-order valence-corrected chi connectivity index (χ4v) is 2.37. The molecule has 1 aromatic carbocycles. The Bertz CT molecular complexity index is 639. The summed E-state index contributed by atoms with van der Waals surface area (Å²) in [5.41, 5.74) is 1.76. The molecule has 0 bridgehead atoms. The summed E-state index contributed by atoms with van der Waals surface area (Å²) in [6.45, 7) is 4.39. The minimum atomic E-state index is -0.470. The van der Waals surface area contributed by atoms with Crippen molar-refractivity contribution in [2.45, 2.75) is 26.4 Å². The number of aliphatic hydroxyl groups is 1. The number of rotatable bonds is 7. The van der Waals surface area contributed by atoms with Crippen molar-refractivity contribution in [2.24, 2.45) is 7.05 Å². The molecular weight excluding hydrogens is 292 g/mol. The van der Waals surface area contributed by atoms with Gasteiger partial charge in [-0.05, 0) is 25.5 Å². The molecule has 23 heavy (non-hydrogen) atoms. The van der Waals surface area contributed by atoms with E-state index in [0.29, 0.717) is 18.8 Å². The van der Waals surface area contributed by atoms with Crippen LogP contribution >= 0.6 is 0 Å². The topological polar surface area (TPSA) is 70.4 Å². The maximum absolute atomic E-state index is 12.4. The highest BCUT2D eigenvalue weighted by Crippen LogP contribution is 2.15. The number of amides is 1. The van der Waals surface area contributed by atoms with Gasteiger partial charge in [0.2, 0.25) is 5.91 Å². The lowest BCUT2D eigenvalue weighted by Crippen LogP contribution is -2.38. The molecule has 0 saturated carbocycles. The summed E-state index contributed by atoms with van der Waals surface area (Å²) >= 11 is 0. The number of anilines is 2. The summed E-state index contributed by atoms with van der Waals surface area (Å²) in [6, 6.07) is 11.5. The number of hydrogen-bond donors (Lipinski definition) is 2. The molecule has 1 aromatic heterocycles. The number of carbonyl (C=O) groups is 1. The Labute approximate surface area is 136 Å². The second kappa shape index (κ2) is 7.78. The fraction of sp³-hybridized carbons (Fsp3) is 0.412. The van der Waals surface area contributed by atoms with Gasteiger partial charge in [0.25, 0.3) is 0 Å². The normalized spacial score (nSPS) is 12.0. The van der Waals surface area contributed by atoms with Crippen molar-refractivity contribution in [2.75, 3.05) is 23.3 Å². The predicted octanol–water partition coefficient (Wildman–Crippen LogP) is 1.94. The zero-order valence-corrected chi connectivity index (χ0v) is 13.9. The summed E-state index contributed by atoms with van der Waals surface area (Å²) in [6.07, 6.45) is 0.174. The highest BCUT2D eigenvalue weighted by atomic mass is 16.3. The first kappa shape index (κ1) is 17.0. The van der Waals surface area contributed by atoms with Crippen LogP contribution in [0.25, 0.3) is 0 Å². The summed E-state index contributed by atoms with van der Waals surface area (Å²) < 4.78 is 1.64. The Balaban J connectivity index is 2.07. The van der Waals surface area contributed by atoms with Gasteiger partial charge in [-0.15, -0.1) is 0 Å². The molecule has 0 aliphatic heterocycles. The monoisotopic (exact) mass is 316 g/mol. The standard InChI is InChI=1S/C17H24N4O2/c1-4-15(22)11-21(14-8-6-5-7-9-14)12-17(23)18-16-10-13(2)19-20(16)3/h5-10,15,22H,4,11-12H2,1-3H3,(H,18,23). The van der Waals surface area contributed by atoms with E-state index in [9.17, 15) is 9.90 Å². The van der Waals surface area contributed by atoms with Gasteiger partial charge in [-0.2, -0.15) is 5.10 Å². The Morgan fingerprint density at radius 1 is 1.39 bits per heavy atom. The van der Waals surface area contributed by atoms with Gasteiger partial charge >= 0.3 is 0 Å². The number of hydrogen-bond acceptors (Lipinski definition) is 4. The van der Waals surface area contributed by atoms with Gasteiger partial charge in [-0.3, -0.25) is 9.48 Å². The lowest BCUT2D eigenvalue weighted by Gasteiger charge is -2.26. The molecule has 0 aliphatic rings. The smallest absolute Gasteiger partial charge is 0.245 e. The van der Waals surface area contributed by atoms with E-state index in [-0.39, 0.29) is 12.5 Å². The van der Waals surface area contributed by atoms with Crippen molar-refractivity contribution in [3.63, 3.8) is 0 Å². The van der Waals surface area contributed by atoms with E-state index in [0.717, 1.165) is 11.4 Å². The van der Waals surface area contributed by atoms with Gasteiger partial charge in [-0.1, -0.05) is 25.1 Å². The summed E-state index contributed by atoms with van der Waals surface area (Å²) in [4.78, 5) is 14.2. The molecule has 1 atom stereocenters. The average Bonchev–Trinajstić information content (AvgIpc) is 2.84. The van der Waals surface area contributed by atoms with Crippen molar-refractivity contribution < 1.29 is 9.90 Å². The average molecular weight is 316 g/mol. The first-order valence-electron chi connectivity index (χ1n) is 7.78. The van der Waals surface area contributed by atoms with Crippen molar-refractivity contribution in [3.8, 4) is 0 Å². The zero-order valence-electron chi connectivity index (χ0n) is 13.9. The predicted molar refractivity (Wildman–Crippen MR) is 91.5 cm³/mol. The number of carbonyl (C=O) groups excluding carboxylic acids is 1. The molecule has 2 aromatic rings. The maximum Gasteiger partial charge on any atom is 0.245 e. The minimum Gasteiger partial charge on any atom is -0.391 e. The van der Waals surface area contributed by atoms with Crippen LogP contribution in [-0.2, 0) is 11.8 Å². The summed E-state index contributed by atoms with van der Waals surface area (Å²) in [7, 11) is 1.79. The first-order chi connectivity index (χ1) is 11.0. The van der Waals surface area contributed by atoms with Crippen LogP contribution in [0.3, 0.4) is 0 Å². The SMILES string of the molecule is CCC(O)CN(CC(=O)Nc1cc(C)nn1C)c1ccccc1. The molecule has 0 fully saturated rings. The molecule has 1 heterocycles. The number of benzene rings is 1. The lowest BCUT2D eigenvalue weighted by molar-refractivity contribution is -0.115.